The van der Waals surface area contributed by atoms with Crippen LogP contribution >= 0.6 is 0 Å². The first-order chi connectivity index (χ1) is 9.13. The molecule has 0 atom stereocenters. The maximum absolute atomic E-state index is 12.1. The van der Waals surface area contributed by atoms with Crippen LogP contribution in [0.1, 0.15) is 51.9 Å². The first kappa shape index (κ1) is 14.8. The Morgan fingerprint density at radius 1 is 1.26 bits per heavy atom. The van der Waals surface area contributed by atoms with Crippen molar-refractivity contribution in [3.63, 3.8) is 0 Å². The second-order valence-electron chi connectivity index (χ2n) is 6.32. The number of rotatable bonds is 4. The number of nitrogens with one attached hydrogen (secondary N) is 2. The molecule has 110 valence electrons. The van der Waals surface area contributed by atoms with E-state index in [1.165, 1.54) is 6.42 Å². The number of amides is 1. The summed E-state index contributed by atoms with van der Waals surface area (Å²) in [6.07, 6.45) is 6.89. The Hall–Kier alpha value is -0.610. The van der Waals surface area contributed by atoms with Crippen LogP contribution in [0.15, 0.2) is 0 Å². The summed E-state index contributed by atoms with van der Waals surface area (Å²) < 4.78 is 0. The molecule has 4 heteroatoms. The maximum atomic E-state index is 12.1. The third-order valence-corrected chi connectivity index (χ3v) is 4.91. The Balaban J connectivity index is 1.73. The summed E-state index contributed by atoms with van der Waals surface area (Å²) in [5.74, 6) is 1.03. The number of hydrogen-bond acceptors (Lipinski definition) is 3. The smallest absolute Gasteiger partial charge is 0.223 e. The van der Waals surface area contributed by atoms with Gasteiger partial charge in [-0.1, -0.05) is 13.3 Å². The van der Waals surface area contributed by atoms with Gasteiger partial charge in [-0.2, -0.15) is 0 Å². The van der Waals surface area contributed by atoms with Gasteiger partial charge in [0.25, 0.3) is 0 Å². The maximum Gasteiger partial charge on any atom is 0.223 e. The van der Waals surface area contributed by atoms with Crippen LogP contribution in [-0.2, 0) is 4.79 Å². The minimum Gasteiger partial charge on any atom is -0.388 e. The predicted molar refractivity (Wildman–Crippen MR) is 75.8 cm³/mol. The number of piperidine rings is 1. The Labute approximate surface area is 116 Å². The lowest BCUT2D eigenvalue weighted by Gasteiger charge is -2.36. The topological polar surface area (TPSA) is 61.4 Å². The van der Waals surface area contributed by atoms with Crippen LogP contribution in [0.3, 0.4) is 0 Å². The summed E-state index contributed by atoms with van der Waals surface area (Å²) in [6.45, 7) is 4.52. The van der Waals surface area contributed by atoms with Gasteiger partial charge in [-0.05, 0) is 57.5 Å². The lowest BCUT2D eigenvalue weighted by molar-refractivity contribution is -0.127. The van der Waals surface area contributed by atoms with Crippen LogP contribution in [0, 0.1) is 11.8 Å². The van der Waals surface area contributed by atoms with E-state index in [2.05, 4.69) is 17.6 Å². The molecule has 0 aromatic rings. The van der Waals surface area contributed by atoms with Crippen LogP contribution in [0.4, 0.5) is 0 Å². The van der Waals surface area contributed by atoms with E-state index in [0.29, 0.717) is 6.54 Å². The molecule has 1 amide bonds. The fourth-order valence-electron chi connectivity index (χ4n) is 3.28. The number of carbonyl (C=O) groups is 1. The van der Waals surface area contributed by atoms with Crippen LogP contribution in [0.25, 0.3) is 0 Å². The third-order valence-electron chi connectivity index (χ3n) is 4.91. The van der Waals surface area contributed by atoms with Crippen molar-refractivity contribution in [2.75, 3.05) is 19.6 Å². The fourth-order valence-corrected chi connectivity index (χ4v) is 3.28. The van der Waals surface area contributed by atoms with Gasteiger partial charge in [0.05, 0.1) is 5.60 Å². The van der Waals surface area contributed by atoms with E-state index in [0.717, 1.165) is 57.5 Å². The average Bonchev–Trinajstić information content (AvgIpc) is 2.47. The molecular weight excluding hydrogens is 240 g/mol. The molecule has 4 nitrogen and oxygen atoms in total. The average molecular weight is 268 g/mol. The number of aliphatic hydroxyl groups is 1. The summed E-state index contributed by atoms with van der Waals surface area (Å²) in [4.78, 5) is 12.1. The van der Waals surface area contributed by atoms with Crippen molar-refractivity contribution >= 4 is 5.91 Å². The van der Waals surface area contributed by atoms with Crippen LogP contribution in [0.2, 0.25) is 0 Å². The summed E-state index contributed by atoms with van der Waals surface area (Å²) in [5.41, 5.74) is -0.658. The van der Waals surface area contributed by atoms with Crippen LogP contribution in [0.5, 0.6) is 0 Å². The SMILES string of the molecule is CCC1CCC(O)(CNC(=O)C2CCNCC2)CC1. The van der Waals surface area contributed by atoms with Gasteiger partial charge in [-0.3, -0.25) is 4.79 Å². The molecule has 2 aliphatic rings. The molecule has 0 bridgehead atoms. The molecule has 2 fully saturated rings. The lowest BCUT2D eigenvalue weighted by atomic mass is 9.78. The van der Waals surface area contributed by atoms with Gasteiger partial charge in [-0.15, -0.1) is 0 Å². The Kier molecular flexibility index (Phi) is 5.22. The van der Waals surface area contributed by atoms with Crippen LogP contribution < -0.4 is 10.6 Å². The first-order valence-corrected chi connectivity index (χ1v) is 7.84. The quantitative estimate of drug-likeness (QED) is 0.723. The lowest BCUT2D eigenvalue weighted by Crippen LogP contribution is -2.47. The monoisotopic (exact) mass is 268 g/mol. The molecule has 0 radical (unpaired) electrons. The van der Waals surface area contributed by atoms with E-state index in [1.807, 2.05) is 0 Å². The van der Waals surface area contributed by atoms with Gasteiger partial charge in [0, 0.05) is 12.5 Å². The van der Waals surface area contributed by atoms with Crippen molar-refractivity contribution in [1.29, 1.82) is 0 Å². The fraction of sp³-hybridized carbons (Fsp3) is 0.933. The molecular formula is C15H28N2O2. The Bertz CT molecular complexity index is 293. The molecule has 0 aromatic carbocycles. The van der Waals surface area contributed by atoms with Crippen LogP contribution in [-0.4, -0.2) is 36.2 Å². The van der Waals surface area contributed by atoms with E-state index in [4.69, 9.17) is 0 Å². The highest BCUT2D eigenvalue weighted by molar-refractivity contribution is 5.78. The van der Waals surface area contributed by atoms with Gasteiger partial charge in [0.2, 0.25) is 5.91 Å². The molecule has 1 aliphatic heterocycles. The molecule has 19 heavy (non-hydrogen) atoms. The van der Waals surface area contributed by atoms with Crippen molar-refractivity contribution < 1.29 is 9.90 Å². The molecule has 0 spiro atoms. The molecule has 2 rings (SSSR count). The van der Waals surface area contributed by atoms with Crippen molar-refractivity contribution in [3.05, 3.63) is 0 Å². The minimum atomic E-state index is -0.658. The van der Waals surface area contributed by atoms with Gasteiger partial charge in [0.1, 0.15) is 0 Å². The zero-order valence-corrected chi connectivity index (χ0v) is 12.1. The van der Waals surface area contributed by atoms with Gasteiger partial charge >= 0.3 is 0 Å². The van der Waals surface area contributed by atoms with E-state index < -0.39 is 5.60 Å². The standard InChI is InChI=1S/C15H28N2O2/c1-2-12-3-7-15(19,8-4-12)11-17-14(18)13-5-9-16-10-6-13/h12-13,16,19H,2-11H2,1H3,(H,17,18). The normalized spacial score (nSPS) is 33.1. The highest BCUT2D eigenvalue weighted by atomic mass is 16.3. The van der Waals surface area contributed by atoms with Crippen molar-refractivity contribution in [1.82, 2.24) is 10.6 Å². The molecule has 1 heterocycles. The zero-order chi connectivity index (χ0) is 13.7. The summed E-state index contributed by atoms with van der Waals surface area (Å²) in [5, 5.41) is 16.7. The van der Waals surface area contributed by atoms with E-state index in [1.54, 1.807) is 0 Å². The second-order valence-corrected chi connectivity index (χ2v) is 6.32. The van der Waals surface area contributed by atoms with E-state index in [-0.39, 0.29) is 11.8 Å². The van der Waals surface area contributed by atoms with Gasteiger partial charge in [-0.25, -0.2) is 0 Å². The first-order valence-electron chi connectivity index (χ1n) is 7.84. The predicted octanol–water partition coefficient (Wildman–Crippen LogP) is 1.43. The van der Waals surface area contributed by atoms with Gasteiger partial charge < -0.3 is 15.7 Å². The Morgan fingerprint density at radius 3 is 2.47 bits per heavy atom. The highest BCUT2D eigenvalue weighted by Gasteiger charge is 2.33. The van der Waals surface area contributed by atoms with Crippen molar-refractivity contribution in [2.24, 2.45) is 11.8 Å². The molecule has 1 aliphatic carbocycles. The van der Waals surface area contributed by atoms with E-state index >= 15 is 0 Å². The largest absolute Gasteiger partial charge is 0.388 e. The summed E-state index contributed by atoms with van der Waals surface area (Å²) in [6, 6.07) is 0. The highest BCUT2D eigenvalue weighted by Crippen LogP contribution is 2.33. The molecule has 0 aromatic heterocycles. The van der Waals surface area contributed by atoms with Crippen molar-refractivity contribution in [3.8, 4) is 0 Å². The zero-order valence-electron chi connectivity index (χ0n) is 12.1. The number of carbonyl (C=O) groups excluding carboxylic acids is 1. The van der Waals surface area contributed by atoms with Crippen molar-refractivity contribution in [2.45, 2.75) is 57.5 Å². The molecule has 0 unspecified atom stereocenters. The molecule has 3 N–H and O–H groups in total. The summed E-state index contributed by atoms with van der Waals surface area (Å²) >= 11 is 0. The molecule has 1 saturated carbocycles. The number of hydrogen-bond donors (Lipinski definition) is 3. The third kappa shape index (κ3) is 4.18. The molecule has 1 saturated heterocycles. The van der Waals surface area contributed by atoms with E-state index in [9.17, 15) is 9.90 Å². The van der Waals surface area contributed by atoms with Gasteiger partial charge in [0.15, 0.2) is 0 Å². The summed E-state index contributed by atoms with van der Waals surface area (Å²) in [7, 11) is 0. The second kappa shape index (κ2) is 6.71. The Morgan fingerprint density at radius 2 is 1.89 bits per heavy atom. The minimum absolute atomic E-state index is 0.132.